The second-order valence-corrected chi connectivity index (χ2v) is 6.55. The number of carbonyl (C=O) groups is 3. The fourth-order valence-corrected chi connectivity index (χ4v) is 2.79. The van der Waals surface area contributed by atoms with Crippen LogP contribution < -0.4 is 15.5 Å². The molecule has 2 rings (SSSR count). The van der Waals surface area contributed by atoms with E-state index in [0.29, 0.717) is 31.7 Å². The number of amides is 3. The highest BCUT2D eigenvalue weighted by molar-refractivity contribution is 5.98. The molecule has 0 atom stereocenters. The van der Waals surface area contributed by atoms with Crippen molar-refractivity contribution in [3.8, 4) is 0 Å². The van der Waals surface area contributed by atoms with Crippen LogP contribution in [0.25, 0.3) is 0 Å². The molecular formula is C20H29N3O4. The van der Waals surface area contributed by atoms with Gasteiger partial charge < -0.3 is 20.3 Å². The summed E-state index contributed by atoms with van der Waals surface area (Å²) in [6.07, 6.45) is 4.34. The molecule has 0 aromatic heterocycles. The third-order valence-electron chi connectivity index (χ3n) is 4.35. The second-order valence-electron chi connectivity index (χ2n) is 6.55. The standard InChI is InChI=1S/C20H29N3O4/c1-2-3-13-27-14-5-11-21-18(24)15-22-20(26)16-7-9-17(10-8-16)23-12-4-6-19(23)25/h7-10H,2-6,11-15H2,1H3,(H,21,24)(H,22,26). The average Bonchev–Trinajstić information content (AvgIpc) is 3.11. The van der Waals surface area contributed by atoms with Crippen LogP contribution in [0.15, 0.2) is 24.3 Å². The van der Waals surface area contributed by atoms with Crippen molar-refractivity contribution in [1.82, 2.24) is 10.6 Å². The van der Waals surface area contributed by atoms with Crippen molar-refractivity contribution < 1.29 is 19.1 Å². The minimum atomic E-state index is -0.313. The molecule has 0 radical (unpaired) electrons. The first kappa shape index (κ1) is 20.9. The SMILES string of the molecule is CCCCOCCCNC(=O)CNC(=O)c1ccc(N2CCCC2=O)cc1. The van der Waals surface area contributed by atoms with Crippen LogP contribution in [0.2, 0.25) is 0 Å². The van der Waals surface area contributed by atoms with Crippen molar-refractivity contribution in [2.75, 3.05) is 37.7 Å². The molecule has 1 saturated heterocycles. The molecule has 7 nitrogen and oxygen atoms in total. The summed E-state index contributed by atoms with van der Waals surface area (Å²) in [6, 6.07) is 6.86. The number of benzene rings is 1. The summed E-state index contributed by atoms with van der Waals surface area (Å²) in [5.74, 6) is -0.428. The maximum atomic E-state index is 12.1. The summed E-state index contributed by atoms with van der Waals surface area (Å²) >= 11 is 0. The minimum Gasteiger partial charge on any atom is -0.381 e. The van der Waals surface area contributed by atoms with Gasteiger partial charge in [0.1, 0.15) is 0 Å². The van der Waals surface area contributed by atoms with Gasteiger partial charge in [0.15, 0.2) is 0 Å². The number of unbranched alkanes of at least 4 members (excludes halogenated alkanes) is 1. The van der Waals surface area contributed by atoms with Crippen molar-refractivity contribution in [2.45, 2.75) is 39.0 Å². The molecule has 1 aromatic carbocycles. The topological polar surface area (TPSA) is 87.7 Å². The van der Waals surface area contributed by atoms with Crippen LogP contribution in [0, 0.1) is 0 Å². The van der Waals surface area contributed by atoms with Gasteiger partial charge in [0, 0.05) is 44.0 Å². The highest BCUT2D eigenvalue weighted by Gasteiger charge is 2.21. The van der Waals surface area contributed by atoms with Gasteiger partial charge in [-0.1, -0.05) is 13.3 Å². The Hall–Kier alpha value is -2.41. The lowest BCUT2D eigenvalue weighted by atomic mass is 10.2. The van der Waals surface area contributed by atoms with Crippen LogP contribution >= 0.6 is 0 Å². The Morgan fingerprint density at radius 1 is 1.11 bits per heavy atom. The monoisotopic (exact) mass is 375 g/mol. The first-order valence-electron chi connectivity index (χ1n) is 9.65. The molecule has 1 heterocycles. The van der Waals surface area contributed by atoms with E-state index in [1.54, 1.807) is 29.2 Å². The number of nitrogens with zero attached hydrogens (tertiary/aromatic N) is 1. The maximum Gasteiger partial charge on any atom is 0.251 e. The van der Waals surface area contributed by atoms with Gasteiger partial charge in [-0.2, -0.15) is 0 Å². The van der Waals surface area contributed by atoms with Crippen LogP contribution in [0.4, 0.5) is 5.69 Å². The lowest BCUT2D eigenvalue weighted by molar-refractivity contribution is -0.120. The largest absolute Gasteiger partial charge is 0.381 e. The molecule has 1 fully saturated rings. The van der Waals surface area contributed by atoms with Crippen molar-refractivity contribution in [3.05, 3.63) is 29.8 Å². The van der Waals surface area contributed by atoms with E-state index in [9.17, 15) is 14.4 Å². The number of anilines is 1. The van der Waals surface area contributed by atoms with Gasteiger partial charge in [0.05, 0.1) is 6.54 Å². The van der Waals surface area contributed by atoms with E-state index in [4.69, 9.17) is 4.74 Å². The summed E-state index contributed by atoms with van der Waals surface area (Å²) in [5.41, 5.74) is 1.26. The molecule has 0 spiro atoms. The molecular weight excluding hydrogens is 346 g/mol. The number of carbonyl (C=O) groups excluding carboxylic acids is 3. The molecule has 148 valence electrons. The Morgan fingerprint density at radius 2 is 1.85 bits per heavy atom. The van der Waals surface area contributed by atoms with Crippen molar-refractivity contribution in [3.63, 3.8) is 0 Å². The van der Waals surface area contributed by atoms with E-state index in [1.807, 2.05) is 0 Å². The molecule has 1 aromatic rings. The summed E-state index contributed by atoms with van der Waals surface area (Å²) in [4.78, 5) is 37.4. The van der Waals surface area contributed by atoms with Gasteiger partial charge in [-0.3, -0.25) is 14.4 Å². The predicted molar refractivity (Wildman–Crippen MR) is 104 cm³/mol. The Labute approximate surface area is 160 Å². The third-order valence-corrected chi connectivity index (χ3v) is 4.35. The normalized spacial score (nSPS) is 13.7. The van der Waals surface area contributed by atoms with Crippen LogP contribution in [-0.2, 0) is 14.3 Å². The summed E-state index contributed by atoms with van der Waals surface area (Å²) in [5, 5.41) is 5.36. The van der Waals surface area contributed by atoms with Gasteiger partial charge in [-0.25, -0.2) is 0 Å². The fourth-order valence-electron chi connectivity index (χ4n) is 2.79. The number of hydrogen-bond donors (Lipinski definition) is 2. The van der Waals surface area contributed by atoms with Crippen LogP contribution in [0.3, 0.4) is 0 Å². The molecule has 3 amide bonds. The van der Waals surface area contributed by atoms with E-state index >= 15 is 0 Å². The summed E-state index contributed by atoms with van der Waals surface area (Å²) in [7, 11) is 0. The van der Waals surface area contributed by atoms with E-state index in [-0.39, 0.29) is 24.3 Å². The predicted octanol–water partition coefficient (Wildman–Crippen LogP) is 1.87. The zero-order valence-corrected chi connectivity index (χ0v) is 16.0. The van der Waals surface area contributed by atoms with Crippen molar-refractivity contribution in [1.29, 1.82) is 0 Å². The molecule has 0 aliphatic carbocycles. The van der Waals surface area contributed by atoms with E-state index in [0.717, 1.165) is 38.0 Å². The maximum absolute atomic E-state index is 12.1. The highest BCUT2D eigenvalue weighted by Crippen LogP contribution is 2.21. The molecule has 7 heteroatoms. The molecule has 27 heavy (non-hydrogen) atoms. The molecule has 0 bridgehead atoms. The van der Waals surface area contributed by atoms with Gasteiger partial charge in [0.2, 0.25) is 11.8 Å². The Morgan fingerprint density at radius 3 is 2.52 bits per heavy atom. The highest BCUT2D eigenvalue weighted by atomic mass is 16.5. The number of nitrogens with one attached hydrogen (secondary N) is 2. The molecule has 2 N–H and O–H groups in total. The molecule has 1 aliphatic heterocycles. The van der Waals surface area contributed by atoms with Gasteiger partial charge >= 0.3 is 0 Å². The Bertz CT molecular complexity index is 631. The summed E-state index contributed by atoms with van der Waals surface area (Å²) in [6.45, 7) is 4.67. The van der Waals surface area contributed by atoms with Crippen LogP contribution in [0.1, 0.15) is 49.4 Å². The number of ether oxygens (including phenoxy) is 1. The van der Waals surface area contributed by atoms with E-state index in [2.05, 4.69) is 17.6 Å². The lowest BCUT2D eigenvalue weighted by Crippen LogP contribution is -2.37. The number of hydrogen-bond acceptors (Lipinski definition) is 4. The fraction of sp³-hybridized carbons (Fsp3) is 0.550. The number of rotatable bonds is 11. The van der Waals surface area contributed by atoms with Gasteiger partial charge in [0.25, 0.3) is 5.91 Å². The third kappa shape index (κ3) is 7.02. The lowest BCUT2D eigenvalue weighted by Gasteiger charge is -2.15. The van der Waals surface area contributed by atoms with E-state index < -0.39 is 0 Å². The first-order valence-corrected chi connectivity index (χ1v) is 9.65. The molecule has 1 aliphatic rings. The zero-order valence-electron chi connectivity index (χ0n) is 16.0. The average molecular weight is 375 g/mol. The van der Waals surface area contributed by atoms with Crippen LogP contribution in [-0.4, -0.2) is 50.6 Å². The van der Waals surface area contributed by atoms with Crippen molar-refractivity contribution in [2.24, 2.45) is 0 Å². The second kappa shape index (κ2) is 11.3. The van der Waals surface area contributed by atoms with E-state index in [1.165, 1.54) is 0 Å². The molecule has 0 unspecified atom stereocenters. The summed E-state index contributed by atoms with van der Waals surface area (Å²) < 4.78 is 5.42. The van der Waals surface area contributed by atoms with Crippen LogP contribution in [0.5, 0.6) is 0 Å². The Kier molecular flexibility index (Phi) is 8.77. The zero-order chi connectivity index (χ0) is 19.5. The van der Waals surface area contributed by atoms with Gasteiger partial charge in [-0.05, 0) is 43.5 Å². The first-order chi connectivity index (χ1) is 13.1. The van der Waals surface area contributed by atoms with Crippen molar-refractivity contribution >= 4 is 23.4 Å². The molecule has 0 saturated carbocycles. The Balaban J connectivity index is 1.64. The minimum absolute atomic E-state index is 0.0676. The smallest absolute Gasteiger partial charge is 0.251 e. The van der Waals surface area contributed by atoms with Gasteiger partial charge in [-0.15, -0.1) is 0 Å². The quantitative estimate of drug-likeness (QED) is 0.578.